The second kappa shape index (κ2) is 11.7. The number of aromatic nitrogens is 1. The molecular formula is C23H30N2O4. The molecule has 6 heteroatoms. The number of aryl methyl sites for hydroxylation is 2. The number of pyridine rings is 1. The van der Waals surface area contributed by atoms with Gasteiger partial charge in [-0.3, -0.25) is 0 Å². The Morgan fingerprint density at radius 3 is 2.38 bits per heavy atom. The van der Waals surface area contributed by atoms with Gasteiger partial charge in [0.25, 0.3) is 0 Å². The molecule has 1 aromatic carbocycles. The van der Waals surface area contributed by atoms with Gasteiger partial charge in [-0.1, -0.05) is 24.2 Å². The zero-order valence-corrected chi connectivity index (χ0v) is 17.9. The summed E-state index contributed by atoms with van der Waals surface area (Å²) in [7, 11) is 1.54. The first kappa shape index (κ1) is 22.3. The lowest BCUT2D eigenvalue weighted by atomic mass is 10.1. The molecule has 29 heavy (non-hydrogen) atoms. The molecule has 2 rings (SSSR count). The smallest absolute Gasteiger partial charge is 0.213 e. The van der Waals surface area contributed by atoms with Crippen LogP contribution in [0.25, 0.3) is 0 Å². The highest BCUT2D eigenvalue weighted by Crippen LogP contribution is 2.28. The van der Waals surface area contributed by atoms with E-state index in [2.05, 4.69) is 10.1 Å². The average Bonchev–Trinajstić information content (AvgIpc) is 2.71. The molecule has 2 aromatic rings. The van der Waals surface area contributed by atoms with Gasteiger partial charge in [0.05, 0.1) is 5.71 Å². The predicted molar refractivity (Wildman–Crippen MR) is 115 cm³/mol. The molecule has 156 valence electrons. The molecule has 0 amide bonds. The fraction of sp³-hybridized carbons (Fsp3) is 0.391. The molecule has 0 radical (unpaired) electrons. The van der Waals surface area contributed by atoms with Gasteiger partial charge in [-0.2, -0.15) is 0 Å². The maximum absolute atomic E-state index is 5.92. The number of rotatable bonds is 11. The first-order valence-electron chi connectivity index (χ1n) is 9.76. The van der Waals surface area contributed by atoms with Crippen LogP contribution in [0.2, 0.25) is 0 Å². The van der Waals surface area contributed by atoms with Crippen LogP contribution in [-0.4, -0.2) is 37.6 Å². The van der Waals surface area contributed by atoms with E-state index in [1.807, 2.05) is 64.1 Å². The Balaban J connectivity index is 1.86. The zero-order valence-electron chi connectivity index (χ0n) is 17.9. The molecule has 0 bridgehead atoms. The third kappa shape index (κ3) is 6.82. The van der Waals surface area contributed by atoms with Gasteiger partial charge >= 0.3 is 0 Å². The molecule has 0 fully saturated rings. The van der Waals surface area contributed by atoms with E-state index in [0.717, 1.165) is 40.3 Å². The van der Waals surface area contributed by atoms with Crippen molar-refractivity contribution in [2.45, 2.75) is 34.1 Å². The minimum Gasteiger partial charge on any atom is -0.490 e. The lowest BCUT2D eigenvalue weighted by Gasteiger charge is -2.14. The van der Waals surface area contributed by atoms with Gasteiger partial charge in [-0.25, -0.2) is 4.98 Å². The van der Waals surface area contributed by atoms with Gasteiger partial charge in [-0.15, -0.1) is 0 Å². The van der Waals surface area contributed by atoms with Crippen LogP contribution in [0.4, 0.5) is 0 Å². The fourth-order valence-corrected chi connectivity index (χ4v) is 2.82. The molecular weight excluding hydrogens is 368 g/mol. The summed E-state index contributed by atoms with van der Waals surface area (Å²) in [6.45, 7) is 9.40. The van der Waals surface area contributed by atoms with Crippen molar-refractivity contribution in [3.63, 3.8) is 0 Å². The van der Waals surface area contributed by atoms with Crippen molar-refractivity contribution in [2.24, 2.45) is 5.16 Å². The van der Waals surface area contributed by atoms with Crippen LogP contribution < -0.4 is 14.2 Å². The largest absolute Gasteiger partial charge is 0.490 e. The molecule has 0 atom stereocenters. The zero-order chi connectivity index (χ0) is 21.1. The van der Waals surface area contributed by atoms with Crippen molar-refractivity contribution in [1.82, 2.24) is 4.98 Å². The molecule has 6 nitrogen and oxygen atoms in total. The standard InChI is InChI=1S/C23H30N2O4/c1-6-8-11-27-20-14-17(3)23(18(4)15-20)29-13-12-28-22-10-9-19(16-24-22)21(7-2)25-26-5/h6,8-10,14-16H,7,11-13H2,1-5H3/b8-6+,25-21+. The molecule has 1 aromatic heterocycles. The molecule has 0 spiro atoms. The van der Waals surface area contributed by atoms with Crippen LogP contribution >= 0.6 is 0 Å². The summed E-state index contributed by atoms with van der Waals surface area (Å²) < 4.78 is 17.3. The molecule has 0 aliphatic carbocycles. The van der Waals surface area contributed by atoms with Crippen molar-refractivity contribution < 1.29 is 19.0 Å². The van der Waals surface area contributed by atoms with Crippen LogP contribution in [-0.2, 0) is 4.84 Å². The number of hydrogen-bond donors (Lipinski definition) is 0. The van der Waals surface area contributed by atoms with E-state index in [0.29, 0.717) is 25.7 Å². The summed E-state index contributed by atoms with van der Waals surface area (Å²) in [6, 6.07) is 7.72. The molecule has 0 unspecified atom stereocenters. The normalized spacial score (nSPS) is 11.6. The molecule has 0 aliphatic rings. The summed E-state index contributed by atoms with van der Waals surface area (Å²) in [4.78, 5) is 9.17. The Morgan fingerprint density at radius 1 is 1.07 bits per heavy atom. The monoisotopic (exact) mass is 398 g/mol. The SMILES string of the molecule is C/C=C/COc1cc(C)c(OCCOc2ccc(/C(CC)=N/OC)cn2)c(C)c1. The first-order valence-corrected chi connectivity index (χ1v) is 9.76. The predicted octanol–water partition coefficient (Wildman–Crippen LogP) is 4.87. The van der Waals surface area contributed by atoms with Crippen LogP contribution in [0.15, 0.2) is 47.8 Å². The van der Waals surface area contributed by atoms with Crippen molar-refractivity contribution in [3.05, 3.63) is 59.3 Å². The Kier molecular flexibility index (Phi) is 9.02. The van der Waals surface area contributed by atoms with E-state index in [1.165, 1.54) is 7.11 Å². The van der Waals surface area contributed by atoms with Gasteiger partial charge in [0.15, 0.2) is 0 Å². The molecule has 0 saturated heterocycles. The van der Waals surface area contributed by atoms with Crippen molar-refractivity contribution in [2.75, 3.05) is 26.9 Å². The lowest BCUT2D eigenvalue weighted by Crippen LogP contribution is -2.11. The maximum Gasteiger partial charge on any atom is 0.213 e. The van der Waals surface area contributed by atoms with Gasteiger partial charge in [-0.05, 0) is 56.5 Å². The first-order chi connectivity index (χ1) is 14.1. The summed E-state index contributed by atoms with van der Waals surface area (Å²) in [5.41, 5.74) is 3.83. The summed E-state index contributed by atoms with van der Waals surface area (Å²) in [6.07, 6.45) is 6.44. The number of hydrogen-bond acceptors (Lipinski definition) is 6. The van der Waals surface area contributed by atoms with Gasteiger partial charge in [0, 0.05) is 17.8 Å². The van der Waals surface area contributed by atoms with E-state index in [-0.39, 0.29) is 0 Å². The second-order valence-corrected chi connectivity index (χ2v) is 6.42. The van der Waals surface area contributed by atoms with Crippen molar-refractivity contribution in [1.29, 1.82) is 0 Å². The number of benzene rings is 1. The number of oxime groups is 1. The molecule has 0 saturated carbocycles. The maximum atomic E-state index is 5.92. The van der Waals surface area contributed by atoms with Gasteiger partial charge in [0.2, 0.25) is 5.88 Å². The van der Waals surface area contributed by atoms with E-state index in [9.17, 15) is 0 Å². The van der Waals surface area contributed by atoms with Crippen molar-refractivity contribution >= 4 is 5.71 Å². The quantitative estimate of drug-likeness (QED) is 0.234. The minimum absolute atomic E-state index is 0.400. The second-order valence-electron chi connectivity index (χ2n) is 6.42. The number of ether oxygens (including phenoxy) is 3. The van der Waals surface area contributed by atoms with Crippen LogP contribution in [0.1, 0.15) is 37.0 Å². The van der Waals surface area contributed by atoms with Gasteiger partial charge < -0.3 is 19.0 Å². The summed E-state index contributed by atoms with van der Waals surface area (Å²) in [5.74, 6) is 2.25. The van der Waals surface area contributed by atoms with E-state index in [4.69, 9.17) is 19.0 Å². The highest BCUT2D eigenvalue weighted by atomic mass is 16.6. The Bertz CT molecular complexity index is 806. The Hall–Kier alpha value is -3.02. The van der Waals surface area contributed by atoms with Crippen LogP contribution in [0.3, 0.4) is 0 Å². The summed E-state index contributed by atoms with van der Waals surface area (Å²) >= 11 is 0. The molecule has 0 aliphatic heterocycles. The number of allylic oxidation sites excluding steroid dienone is 1. The van der Waals surface area contributed by atoms with E-state index < -0.39 is 0 Å². The highest BCUT2D eigenvalue weighted by Gasteiger charge is 2.08. The molecule has 1 heterocycles. The third-order valence-electron chi connectivity index (χ3n) is 4.20. The highest BCUT2D eigenvalue weighted by molar-refractivity contribution is 5.99. The minimum atomic E-state index is 0.400. The lowest BCUT2D eigenvalue weighted by molar-refractivity contribution is 0.210. The average molecular weight is 399 g/mol. The third-order valence-corrected chi connectivity index (χ3v) is 4.20. The fourth-order valence-electron chi connectivity index (χ4n) is 2.82. The van der Waals surface area contributed by atoms with Gasteiger partial charge in [0.1, 0.15) is 38.4 Å². The van der Waals surface area contributed by atoms with Crippen LogP contribution in [0, 0.1) is 13.8 Å². The number of nitrogens with zero attached hydrogens (tertiary/aromatic N) is 2. The van der Waals surface area contributed by atoms with E-state index in [1.54, 1.807) is 6.20 Å². The van der Waals surface area contributed by atoms with E-state index >= 15 is 0 Å². The summed E-state index contributed by atoms with van der Waals surface area (Å²) in [5, 5.41) is 4.00. The Labute approximate surface area is 173 Å². The Morgan fingerprint density at radius 2 is 1.79 bits per heavy atom. The topological polar surface area (TPSA) is 62.2 Å². The molecule has 0 N–H and O–H groups in total. The van der Waals surface area contributed by atoms with Crippen molar-refractivity contribution in [3.8, 4) is 17.4 Å². The van der Waals surface area contributed by atoms with Crippen LogP contribution in [0.5, 0.6) is 17.4 Å².